The third-order valence-electron chi connectivity index (χ3n) is 6.12. The normalized spacial score (nSPS) is 14.0. The number of carbonyl (C=O) groups excluding carboxylic acids is 2. The number of anilines is 1. The fraction of sp³-hybridized carbons (Fsp3) is 0.269. The highest BCUT2D eigenvalue weighted by molar-refractivity contribution is 6.04. The summed E-state index contributed by atoms with van der Waals surface area (Å²) in [6.07, 6.45) is 4.23. The van der Waals surface area contributed by atoms with Crippen LogP contribution in [0.3, 0.4) is 0 Å². The number of benzene rings is 2. The van der Waals surface area contributed by atoms with Crippen molar-refractivity contribution in [1.29, 1.82) is 0 Å². The highest BCUT2D eigenvalue weighted by Gasteiger charge is 2.31. The molecule has 2 amide bonds. The molecule has 1 fully saturated rings. The molecular weight excluding hydrogens is 444 g/mol. The first kappa shape index (κ1) is 22.5. The van der Waals surface area contributed by atoms with Crippen LogP contribution >= 0.6 is 0 Å². The SMILES string of the molecule is CCC(C)NC(=O)n1nc(-c2cc(NC(=O)c3cnc4ccccc4n3)ccc2O)cc1C1CC1. The van der Waals surface area contributed by atoms with Crippen molar-refractivity contribution in [1.82, 2.24) is 25.1 Å². The number of phenolic OH excluding ortho intramolecular Hbond substituents is 1. The average molecular weight is 471 g/mol. The lowest BCUT2D eigenvalue weighted by atomic mass is 10.1. The molecule has 1 aliphatic rings. The molecule has 9 nitrogen and oxygen atoms in total. The molecule has 1 aliphatic carbocycles. The number of nitrogens with zero attached hydrogens (tertiary/aromatic N) is 4. The highest BCUT2D eigenvalue weighted by atomic mass is 16.3. The first-order valence-corrected chi connectivity index (χ1v) is 11.7. The molecule has 5 rings (SSSR count). The molecule has 0 saturated heterocycles. The van der Waals surface area contributed by atoms with E-state index in [0.29, 0.717) is 28.0 Å². The number of nitrogens with one attached hydrogen (secondary N) is 2. The van der Waals surface area contributed by atoms with E-state index in [1.165, 1.54) is 16.9 Å². The van der Waals surface area contributed by atoms with E-state index < -0.39 is 5.91 Å². The Morgan fingerprint density at radius 2 is 1.91 bits per heavy atom. The molecule has 0 radical (unpaired) electrons. The maximum Gasteiger partial charge on any atom is 0.342 e. The molecule has 2 aromatic heterocycles. The molecule has 1 saturated carbocycles. The van der Waals surface area contributed by atoms with E-state index in [9.17, 15) is 14.7 Å². The van der Waals surface area contributed by atoms with Crippen LogP contribution in [0.1, 0.15) is 55.2 Å². The highest BCUT2D eigenvalue weighted by Crippen LogP contribution is 2.42. The van der Waals surface area contributed by atoms with E-state index in [1.54, 1.807) is 18.2 Å². The lowest BCUT2D eigenvalue weighted by Crippen LogP contribution is -2.36. The Bertz CT molecular complexity index is 1430. The van der Waals surface area contributed by atoms with Gasteiger partial charge in [-0.25, -0.2) is 9.78 Å². The molecule has 2 aromatic carbocycles. The topological polar surface area (TPSA) is 122 Å². The van der Waals surface area contributed by atoms with Gasteiger partial charge >= 0.3 is 6.03 Å². The zero-order valence-electron chi connectivity index (χ0n) is 19.5. The van der Waals surface area contributed by atoms with Gasteiger partial charge < -0.3 is 15.7 Å². The Morgan fingerprint density at radius 3 is 2.66 bits per heavy atom. The van der Waals surface area contributed by atoms with E-state index in [4.69, 9.17) is 0 Å². The minimum atomic E-state index is -0.419. The summed E-state index contributed by atoms with van der Waals surface area (Å²) >= 11 is 0. The van der Waals surface area contributed by atoms with Gasteiger partial charge in [0.1, 0.15) is 11.4 Å². The molecule has 1 unspecified atom stereocenters. The lowest BCUT2D eigenvalue weighted by Gasteiger charge is -2.12. The fourth-order valence-corrected chi connectivity index (χ4v) is 3.81. The summed E-state index contributed by atoms with van der Waals surface area (Å²) < 4.78 is 1.40. The van der Waals surface area contributed by atoms with Crippen LogP contribution in [0.25, 0.3) is 22.3 Å². The maximum absolute atomic E-state index is 12.8. The van der Waals surface area contributed by atoms with Crippen molar-refractivity contribution in [3.8, 4) is 17.0 Å². The number of aromatic hydroxyl groups is 1. The third-order valence-corrected chi connectivity index (χ3v) is 6.12. The molecule has 3 N–H and O–H groups in total. The van der Waals surface area contributed by atoms with Crippen LogP contribution in [0.15, 0.2) is 54.7 Å². The van der Waals surface area contributed by atoms with Crippen molar-refractivity contribution in [3.05, 3.63) is 66.1 Å². The second-order valence-corrected chi connectivity index (χ2v) is 8.83. The molecule has 178 valence electrons. The Labute approximate surface area is 202 Å². The van der Waals surface area contributed by atoms with Crippen LogP contribution < -0.4 is 10.6 Å². The minimum absolute atomic E-state index is 0.00262. The maximum atomic E-state index is 12.8. The number of fused-ring (bicyclic) bond motifs is 1. The molecule has 4 aromatic rings. The van der Waals surface area contributed by atoms with Gasteiger partial charge in [-0.05, 0) is 62.6 Å². The number of para-hydroxylation sites is 2. The smallest absolute Gasteiger partial charge is 0.342 e. The molecule has 0 aliphatic heterocycles. The van der Waals surface area contributed by atoms with Crippen LogP contribution in [0.5, 0.6) is 5.75 Å². The van der Waals surface area contributed by atoms with Gasteiger partial charge in [0.05, 0.1) is 28.6 Å². The minimum Gasteiger partial charge on any atom is -0.507 e. The number of hydrogen-bond acceptors (Lipinski definition) is 6. The lowest BCUT2D eigenvalue weighted by molar-refractivity contribution is 0.102. The Hall–Kier alpha value is -4.27. The number of hydrogen-bond donors (Lipinski definition) is 3. The van der Waals surface area contributed by atoms with Crippen LogP contribution in [-0.2, 0) is 0 Å². The van der Waals surface area contributed by atoms with Gasteiger partial charge in [0.15, 0.2) is 0 Å². The van der Waals surface area contributed by atoms with Crippen molar-refractivity contribution in [2.24, 2.45) is 0 Å². The van der Waals surface area contributed by atoms with Gasteiger partial charge in [-0.2, -0.15) is 9.78 Å². The summed E-state index contributed by atoms with van der Waals surface area (Å²) in [5.74, 6) is -0.143. The predicted octanol–water partition coefficient (Wildman–Crippen LogP) is 4.68. The molecule has 1 atom stereocenters. The van der Waals surface area contributed by atoms with Gasteiger partial charge in [0.25, 0.3) is 5.91 Å². The molecular formula is C26H26N6O3. The molecule has 0 spiro atoms. The quantitative estimate of drug-likeness (QED) is 0.352. The van der Waals surface area contributed by atoms with Gasteiger partial charge in [-0.3, -0.25) is 9.78 Å². The van der Waals surface area contributed by atoms with Gasteiger partial charge in [0.2, 0.25) is 0 Å². The van der Waals surface area contributed by atoms with E-state index in [2.05, 4.69) is 25.7 Å². The summed E-state index contributed by atoms with van der Waals surface area (Å²) in [7, 11) is 0. The van der Waals surface area contributed by atoms with E-state index >= 15 is 0 Å². The van der Waals surface area contributed by atoms with Crippen LogP contribution in [0.4, 0.5) is 10.5 Å². The van der Waals surface area contributed by atoms with Crippen molar-refractivity contribution in [2.75, 3.05) is 5.32 Å². The standard InChI is InChI=1S/C26H26N6O3/c1-3-15(2)28-26(35)32-23(16-8-9-16)13-21(31-32)18-12-17(10-11-24(18)33)29-25(34)22-14-27-19-6-4-5-7-20(19)30-22/h4-7,10-16,33H,3,8-9H2,1-2H3,(H,28,35)(H,29,34). The Balaban J connectivity index is 1.42. The Kier molecular flexibility index (Phi) is 5.90. The van der Waals surface area contributed by atoms with Crippen LogP contribution in [0, 0.1) is 0 Å². The first-order valence-electron chi connectivity index (χ1n) is 11.7. The number of carbonyl (C=O) groups is 2. The van der Waals surface area contributed by atoms with Crippen LogP contribution in [-0.4, -0.2) is 42.8 Å². The predicted molar refractivity (Wildman–Crippen MR) is 132 cm³/mol. The van der Waals surface area contributed by atoms with E-state index in [-0.39, 0.29) is 29.4 Å². The molecule has 2 heterocycles. The van der Waals surface area contributed by atoms with Gasteiger partial charge in [-0.15, -0.1) is 0 Å². The zero-order chi connectivity index (χ0) is 24.5. The van der Waals surface area contributed by atoms with E-state index in [1.807, 2.05) is 38.1 Å². The summed E-state index contributed by atoms with van der Waals surface area (Å²) in [6, 6.07) is 13.6. The number of amides is 2. The average Bonchev–Trinajstić information content (AvgIpc) is 3.62. The second-order valence-electron chi connectivity index (χ2n) is 8.83. The first-order chi connectivity index (χ1) is 16.9. The number of phenols is 1. The van der Waals surface area contributed by atoms with Crippen molar-refractivity contribution in [3.63, 3.8) is 0 Å². The van der Waals surface area contributed by atoms with Crippen LogP contribution in [0.2, 0.25) is 0 Å². The Morgan fingerprint density at radius 1 is 1.14 bits per heavy atom. The van der Waals surface area contributed by atoms with E-state index in [0.717, 1.165) is 25.0 Å². The summed E-state index contributed by atoms with van der Waals surface area (Å²) in [5.41, 5.74) is 3.68. The molecule has 9 heteroatoms. The summed E-state index contributed by atoms with van der Waals surface area (Å²) in [6.45, 7) is 3.94. The van der Waals surface area contributed by atoms with Crippen molar-refractivity contribution < 1.29 is 14.7 Å². The zero-order valence-corrected chi connectivity index (χ0v) is 19.5. The largest absolute Gasteiger partial charge is 0.507 e. The summed E-state index contributed by atoms with van der Waals surface area (Å²) in [4.78, 5) is 34.3. The monoisotopic (exact) mass is 470 g/mol. The number of rotatable bonds is 6. The third kappa shape index (κ3) is 4.70. The molecule has 0 bridgehead atoms. The van der Waals surface area contributed by atoms with Gasteiger partial charge in [-0.1, -0.05) is 19.1 Å². The number of aromatic nitrogens is 4. The van der Waals surface area contributed by atoms with Gasteiger partial charge in [0, 0.05) is 23.2 Å². The molecule has 35 heavy (non-hydrogen) atoms. The second kappa shape index (κ2) is 9.17. The fourth-order valence-electron chi connectivity index (χ4n) is 3.81. The van der Waals surface area contributed by atoms with Crippen molar-refractivity contribution >= 4 is 28.7 Å². The summed E-state index contributed by atoms with van der Waals surface area (Å²) in [5, 5.41) is 20.8. The van der Waals surface area contributed by atoms with Crippen molar-refractivity contribution in [2.45, 2.75) is 45.1 Å².